The number of nitrogens with zero attached hydrogens (tertiary/aromatic N) is 2. The van der Waals surface area contributed by atoms with E-state index in [2.05, 4.69) is 38.2 Å². The van der Waals surface area contributed by atoms with Crippen molar-refractivity contribution < 1.29 is 24.0 Å². The van der Waals surface area contributed by atoms with Gasteiger partial charge in [0.25, 0.3) is 0 Å². The van der Waals surface area contributed by atoms with Crippen LogP contribution in [0.2, 0.25) is 0 Å². The molecule has 11 rings (SSSR count). The van der Waals surface area contributed by atoms with Crippen molar-refractivity contribution in [1.29, 1.82) is 0 Å². The van der Waals surface area contributed by atoms with Crippen LogP contribution in [0.3, 0.4) is 0 Å². The minimum atomic E-state index is -0.437. The Morgan fingerprint density at radius 1 is 0.875 bits per heavy atom. The first kappa shape index (κ1) is 33.6. The number of carbonyl (C=O) groups is 5. The van der Waals surface area contributed by atoms with Crippen LogP contribution in [0, 0.1) is 25.7 Å². The molecule has 0 aromatic carbocycles. The fourth-order valence-corrected chi connectivity index (χ4v) is 11.5. The van der Waals surface area contributed by atoms with Crippen LogP contribution in [-0.2, 0) is 20.4 Å². The maximum absolute atomic E-state index is 14.0. The van der Waals surface area contributed by atoms with Crippen molar-refractivity contribution in [2.75, 3.05) is 13.1 Å². The predicted octanol–water partition coefficient (Wildman–Crippen LogP) is 3.80. The zero-order chi connectivity index (χ0) is 38.4. The second kappa shape index (κ2) is 11.4. The van der Waals surface area contributed by atoms with E-state index in [1.807, 2.05) is 55.4 Å². The molecule has 6 N–H and O–H groups in total. The third-order valence-corrected chi connectivity index (χ3v) is 14.2. The average molecular weight is 753 g/mol. The lowest BCUT2D eigenvalue weighted by Gasteiger charge is -2.33. The SMILES string of the molecule is Cc1c[nH]c2c1C13CC1CN(C(=O)C1CC4C=C(NC(=O)NC5=CC6=C(CC5)NC(C(=O)N5CC[C@@]7(C)C5=CC(=O)c5[nH]cc(C)c57)C6)C=CC4N1)C3=CC2=O. The molecule has 0 radical (unpaired) electrons. The zero-order valence-corrected chi connectivity index (χ0v) is 31.6. The summed E-state index contributed by atoms with van der Waals surface area (Å²) in [6, 6.07) is -1.20. The van der Waals surface area contributed by atoms with Gasteiger partial charge in [0.05, 0.1) is 17.4 Å². The number of aromatic nitrogens is 2. The largest absolute Gasteiger partial charge is 0.377 e. The predicted molar refractivity (Wildman–Crippen MR) is 205 cm³/mol. The van der Waals surface area contributed by atoms with Crippen LogP contribution >= 0.6 is 0 Å². The molecule has 0 bridgehead atoms. The fourth-order valence-electron chi connectivity index (χ4n) is 11.5. The molecular weight excluding hydrogens is 709 g/mol. The third kappa shape index (κ3) is 4.60. The highest BCUT2D eigenvalue weighted by Gasteiger charge is 2.68. The number of nitrogens with one attached hydrogen (secondary N) is 6. The molecule has 6 unspecified atom stereocenters. The Morgan fingerprint density at radius 2 is 1.61 bits per heavy atom. The Bertz CT molecular complexity index is 2440. The van der Waals surface area contributed by atoms with E-state index in [0.717, 1.165) is 63.5 Å². The Morgan fingerprint density at radius 3 is 2.41 bits per heavy atom. The van der Waals surface area contributed by atoms with E-state index in [9.17, 15) is 24.0 Å². The summed E-state index contributed by atoms with van der Waals surface area (Å²) in [5, 5.41) is 13.0. The van der Waals surface area contributed by atoms with Crippen molar-refractivity contribution in [3.8, 4) is 0 Å². The van der Waals surface area contributed by atoms with E-state index in [0.29, 0.717) is 61.8 Å². The molecule has 9 aliphatic rings. The highest BCUT2D eigenvalue weighted by atomic mass is 16.2. The Kier molecular flexibility index (Phi) is 6.87. The smallest absolute Gasteiger partial charge is 0.323 e. The maximum Gasteiger partial charge on any atom is 0.323 e. The van der Waals surface area contributed by atoms with Gasteiger partial charge < -0.3 is 35.7 Å². The molecule has 2 aromatic heterocycles. The highest BCUT2D eigenvalue weighted by molar-refractivity contribution is 6.09. The topological polar surface area (TPSA) is 172 Å². The van der Waals surface area contributed by atoms with Gasteiger partial charge in [0.1, 0.15) is 6.04 Å². The molecule has 13 heteroatoms. The van der Waals surface area contributed by atoms with Crippen LogP contribution < -0.4 is 21.3 Å². The fraction of sp³-hybridized carbons (Fsp3) is 0.419. The van der Waals surface area contributed by atoms with Gasteiger partial charge in [-0.05, 0) is 98.8 Å². The summed E-state index contributed by atoms with van der Waals surface area (Å²) in [5.74, 6) is 0.168. The molecule has 4 amide bonds. The zero-order valence-electron chi connectivity index (χ0n) is 31.6. The lowest BCUT2D eigenvalue weighted by atomic mass is 9.73. The number of hydrogen-bond acceptors (Lipinski definition) is 7. The number of rotatable bonds is 4. The highest BCUT2D eigenvalue weighted by Crippen LogP contribution is 2.67. The van der Waals surface area contributed by atoms with E-state index in [1.165, 1.54) is 0 Å². The van der Waals surface area contributed by atoms with E-state index in [-0.39, 0.29) is 46.8 Å². The number of piperidine rings is 1. The van der Waals surface area contributed by atoms with E-state index in [1.54, 1.807) is 17.1 Å². The van der Waals surface area contributed by atoms with Gasteiger partial charge in [-0.1, -0.05) is 12.2 Å². The number of fused-ring (bicyclic) bond motifs is 5. The van der Waals surface area contributed by atoms with Crippen molar-refractivity contribution >= 4 is 29.4 Å². The van der Waals surface area contributed by atoms with Gasteiger partial charge in [-0.3, -0.25) is 24.5 Å². The van der Waals surface area contributed by atoms with Gasteiger partial charge in [0, 0.05) is 95.3 Å². The summed E-state index contributed by atoms with van der Waals surface area (Å²) in [6.45, 7) is 7.34. The first-order valence-corrected chi connectivity index (χ1v) is 19.9. The van der Waals surface area contributed by atoms with Crippen LogP contribution in [0.5, 0.6) is 0 Å². The summed E-state index contributed by atoms with van der Waals surface area (Å²) >= 11 is 0. The number of urea groups is 1. The summed E-state index contributed by atoms with van der Waals surface area (Å²) in [5.41, 5.74) is 9.97. The molecule has 1 spiro atoms. The molecular formula is C43H44N8O5. The van der Waals surface area contributed by atoms with Gasteiger partial charge >= 0.3 is 6.03 Å². The van der Waals surface area contributed by atoms with Crippen LogP contribution in [-0.4, -0.2) is 80.4 Å². The Labute approximate surface area is 323 Å². The van der Waals surface area contributed by atoms with Gasteiger partial charge in [0.2, 0.25) is 23.4 Å². The number of hydrogen-bond donors (Lipinski definition) is 6. The van der Waals surface area contributed by atoms with Crippen LogP contribution in [0.4, 0.5) is 4.79 Å². The van der Waals surface area contributed by atoms with Crippen molar-refractivity contribution in [3.63, 3.8) is 0 Å². The first-order valence-electron chi connectivity index (χ1n) is 19.9. The number of ketones is 2. The number of likely N-dealkylation sites (tertiary alicyclic amines) is 2. The molecule has 6 heterocycles. The summed E-state index contributed by atoms with van der Waals surface area (Å²) in [4.78, 5) is 77.1. The molecule has 3 saturated heterocycles. The lowest BCUT2D eigenvalue weighted by molar-refractivity contribution is -0.131. The first-order chi connectivity index (χ1) is 26.9. The van der Waals surface area contributed by atoms with Crippen LogP contribution in [0.25, 0.3) is 0 Å². The minimum Gasteiger partial charge on any atom is -0.377 e. The monoisotopic (exact) mass is 752 g/mol. The molecule has 1 saturated carbocycles. The second-order valence-electron chi connectivity index (χ2n) is 17.4. The standard InChI is InChI=1S/C43H44N8O5/c1-20-17-44-37-31(52)14-33-42(3,35(20)37)8-9-50(33)39(54)29-12-22-10-25(4-6-27(22)48-29)46-41(56)47-26-5-7-28-23(11-26)13-30(49-28)40(55)51-19-24-16-43(24)34(51)15-32(53)38-36(43)21(2)18-45-38/h5,7,10-11,14-15,17-18,23-24,28-30,44-45,48-49H,4,6,8-9,12-13,16,19H2,1-3H3,(H2,46,47,56)/t23?,24?,28?,29?,30?,42-,43?/m0/s1. The summed E-state index contributed by atoms with van der Waals surface area (Å²) < 4.78 is 0. The molecule has 4 aliphatic heterocycles. The van der Waals surface area contributed by atoms with Gasteiger partial charge in [0.15, 0.2) is 0 Å². The Balaban J connectivity index is 0.711. The number of amides is 4. The third-order valence-electron chi connectivity index (χ3n) is 14.2. The average Bonchev–Trinajstić information content (AvgIpc) is 3.86. The van der Waals surface area contributed by atoms with Gasteiger partial charge in [-0.25, -0.2) is 4.79 Å². The van der Waals surface area contributed by atoms with Crippen molar-refractivity contribution in [2.24, 2.45) is 11.8 Å². The Hall–Kier alpha value is -5.69. The van der Waals surface area contributed by atoms with E-state index < -0.39 is 17.5 Å². The molecule has 2 aromatic rings. The van der Waals surface area contributed by atoms with Crippen molar-refractivity contribution in [3.05, 3.63) is 117 Å². The number of aryl methyl sites for hydroxylation is 2. The van der Waals surface area contributed by atoms with Crippen LogP contribution in [0.1, 0.15) is 88.7 Å². The molecule has 5 aliphatic carbocycles. The minimum absolute atomic E-state index is 0.00410. The summed E-state index contributed by atoms with van der Waals surface area (Å²) in [7, 11) is 0. The molecule has 4 fully saturated rings. The molecule has 13 nitrogen and oxygen atoms in total. The van der Waals surface area contributed by atoms with E-state index >= 15 is 0 Å². The number of aromatic amines is 2. The number of allylic oxidation sites excluding steroid dienone is 8. The van der Waals surface area contributed by atoms with Gasteiger partial charge in [-0.15, -0.1) is 0 Å². The van der Waals surface area contributed by atoms with Crippen molar-refractivity contribution in [1.82, 2.24) is 41.0 Å². The normalized spacial score (nSPS) is 32.9. The lowest BCUT2D eigenvalue weighted by Crippen LogP contribution is -2.45. The second-order valence-corrected chi connectivity index (χ2v) is 17.4. The molecule has 56 heavy (non-hydrogen) atoms. The van der Waals surface area contributed by atoms with E-state index in [4.69, 9.17) is 0 Å². The number of carbonyl (C=O) groups excluding carboxylic acids is 5. The van der Waals surface area contributed by atoms with Gasteiger partial charge in [-0.2, -0.15) is 0 Å². The van der Waals surface area contributed by atoms with Crippen molar-refractivity contribution in [2.45, 2.75) is 88.3 Å². The maximum atomic E-state index is 14.0. The quantitative estimate of drug-likeness (QED) is 0.276. The summed E-state index contributed by atoms with van der Waals surface area (Å²) in [6.07, 6.45) is 19.1. The molecule has 286 valence electrons. The van der Waals surface area contributed by atoms with Crippen LogP contribution in [0.15, 0.2) is 82.9 Å². The molecule has 7 atom stereocenters. The number of H-pyrrole nitrogens is 2.